The Morgan fingerprint density at radius 2 is 1.51 bits per heavy atom. The van der Waals surface area contributed by atoms with E-state index < -0.39 is 35.9 Å². The summed E-state index contributed by atoms with van der Waals surface area (Å²) in [5, 5.41) is 27.1. The number of nitrogen functional groups attached to an aromatic ring is 1. The predicted octanol–water partition coefficient (Wildman–Crippen LogP) is 2.17. The highest BCUT2D eigenvalue weighted by atomic mass is 19.4. The third-order valence-electron chi connectivity index (χ3n) is 8.53. The molecule has 15 heteroatoms. The Morgan fingerprint density at radius 1 is 0.898 bits per heavy atom. The zero-order valence-electron chi connectivity index (χ0n) is 27.4. The number of hydrogen-bond acceptors (Lipinski definition) is 7. The van der Waals surface area contributed by atoms with Crippen LogP contribution in [0, 0.1) is 17.2 Å². The first kappa shape index (κ1) is 38.9. The molecule has 1 unspecified atom stereocenters. The summed E-state index contributed by atoms with van der Waals surface area (Å²) in [6, 6.07) is 15.8. The second kappa shape index (κ2) is 19.5. The van der Waals surface area contributed by atoms with Gasteiger partial charge in [0, 0.05) is 51.4 Å². The van der Waals surface area contributed by atoms with Gasteiger partial charge in [-0.3, -0.25) is 24.7 Å². The lowest BCUT2D eigenvalue weighted by Crippen LogP contribution is -2.55. The van der Waals surface area contributed by atoms with Crippen molar-refractivity contribution in [3.8, 4) is 0 Å². The predicted molar refractivity (Wildman–Crippen MR) is 177 cm³/mol. The number of amides is 3. The van der Waals surface area contributed by atoms with Crippen LogP contribution in [0.5, 0.6) is 0 Å². The van der Waals surface area contributed by atoms with Crippen LogP contribution in [-0.4, -0.2) is 91.0 Å². The number of carboxylic acid groups (broad SMARTS) is 1. The molecule has 12 nitrogen and oxygen atoms in total. The molecule has 2 aromatic carbocycles. The van der Waals surface area contributed by atoms with E-state index in [1.165, 1.54) is 0 Å². The van der Waals surface area contributed by atoms with E-state index in [4.69, 9.17) is 21.0 Å². The van der Waals surface area contributed by atoms with Crippen LogP contribution >= 0.6 is 0 Å². The molecule has 2 atom stereocenters. The average molecular weight is 690 g/mol. The highest BCUT2D eigenvalue weighted by molar-refractivity contribution is 6.02. The maximum Gasteiger partial charge on any atom is 0.490 e. The second-order valence-electron chi connectivity index (χ2n) is 12.1. The van der Waals surface area contributed by atoms with Crippen molar-refractivity contribution in [3.63, 3.8) is 0 Å². The van der Waals surface area contributed by atoms with E-state index >= 15 is 0 Å². The van der Waals surface area contributed by atoms with Gasteiger partial charge in [-0.15, -0.1) is 0 Å². The van der Waals surface area contributed by atoms with Crippen molar-refractivity contribution in [2.24, 2.45) is 17.6 Å². The van der Waals surface area contributed by atoms with Gasteiger partial charge in [-0.05, 0) is 36.3 Å². The van der Waals surface area contributed by atoms with E-state index in [-0.39, 0.29) is 24.1 Å². The molecule has 4 rings (SSSR count). The van der Waals surface area contributed by atoms with Crippen LogP contribution in [0.2, 0.25) is 0 Å². The Kier molecular flexibility index (Phi) is 15.5. The molecule has 0 bridgehead atoms. The number of piperazine rings is 1. The molecule has 0 aromatic heterocycles. The molecule has 2 aromatic rings. The number of carbonyl (C=O) groups excluding carboxylic acids is 3. The summed E-state index contributed by atoms with van der Waals surface area (Å²) in [5.41, 5.74) is 7.87. The van der Waals surface area contributed by atoms with Crippen molar-refractivity contribution in [2.75, 3.05) is 39.3 Å². The fourth-order valence-corrected chi connectivity index (χ4v) is 5.77. The molecule has 268 valence electrons. The Bertz CT molecular complexity index is 1380. The Balaban J connectivity index is 0.000000838. The first-order valence-electron chi connectivity index (χ1n) is 16.4. The van der Waals surface area contributed by atoms with Crippen LogP contribution in [0.4, 0.5) is 13.2 Å². The summed E-state index contributed by atoms with van der Waals surface area (Å²) in [5.74, 6) is -4.83. The maximum absolute atomic E-state index is 13.8. The molecule has 2 fully saturated rings. The third kappa shape index (κ3) is 13.5. The largest absolute Gasteiger partial charge is 0.490 e. The summed E-state index contributed by atoms with van der Waals surface area (Å²) in [6.07, 6.45) is -0.0144. The van der Waals surface area contributed by atoms with Gasteiger partial charge in [0.15, 0.2) is 0 Å². The molecule has 8 N–H and O–H groups in total. The van der Waals surface area contributed by atoms with E-state index in [9.17, 15) is 27.6 Å². The summed E-state index contributed by atoms with van der Waals surface area (Å²) in [6.45, 7) is 5.36. The zero-order chi connectivity index (χ0) is 35.8. The molecule has 0 radical (unpaired) electrons. The van der Waals surface area contributed by atoms with Crippen molar-refractivity contribution in [1.29, 1.82) is 5.41 Å². The molecule has 49 heavy (non-hydrogen) atoms. The number of carbonyl (C=O) groups is 4. The van der Waals surface area contributed by atoms with E-state index in [1.54, 1.807) is 24.3 Å². The number of aliphatic carboxylic acids is 1. The monoisotopic (exact) mass is 689 g/mol. The molecular formula is C34H46F3N7O5. The van der Waals surface area contributed by atoms with Crippen LogP contribution in [-0.2, 0) is 32.1 Å². The van der Waals surface area contributed by atoms with Crippen molar-refractivity contribution < 1.29 is 37.5 Å². The van der Waals surface area contributed by atoms with Gasteiger partial charge in [0.1, 0.15) is 17.8 Å². The first-order valence-corrected chi connectivity index (χ1v) is 16.4. The fourth-order valence-electron chi connectivity index (χ4n) is 5.77. The van der Waals surface area contributed by atoms with Crippen LogP contribution < -0.4 is 27.0 Å². The molecule has 1 saturated carbocycles. The number of hydrogen-bond donors (Lipinski definition) is 7. The Morgan fingerprint density at radius 3 is 2.08 bits per heavy atom. The van der Waals surface area contributed by atoms with E-state index in [0.29, 0.717) is 18.7 Å². The minimum absolute atomic E-state index is 0.0322. The lowest BCUT2D eigenvalue weighted by atomic mass is 9.83. The average Bonchev–Trinajstić information content (AvgIpc) is 3.09. The van der Waals surface area contributed by atoms with Crippen molar-refractivity contribution in [2.45, 2.75) is 57.3 Å². The highest BCUT2D eigenvalue weighted by Crippen LogP contribution is 2.27. The molecule has 3 amide bonds. The number of amidine groups is 1. The van der Waals surface area contributed by atoms with Crippen LogP contribution in [0.3, 0.4) is 0 Å². The van der Waals surface area contributed by atoms with E-state index in [0.717, 1.165) is 76.0 Å². The smallest absolute Gasteiger partial charge is 0.475 e. The van der Waals surface area contributed by atoms with Crippen molar-refractivity contribution in [1.82, 2.24) is 26.2 Å². The van der Waals surface area contributed by atoms with Crippen LogP contribution in [0.1, 0.15) is 48.8 Å². The summed E-state index contributed by atoms with van der Waals surface area (Å²) in [4.78, 5) is 52.0. The number of rotatable bonds is 13. The molecule has 1 heterocycles. The molecule has 0 spiro atoms. The minimum atomic E-state index is -5.08. The van der Waals surface area contributed by atoms with Crippen LogP contribution in [0.25, 0.3) is 0 Å². The van der Waals surface area contributed by atoms with Gasteiger partial charge in [0.05, 0.1) is 0 Å². The molecule has 1 saturated heterocycles. The summed E-state index contributed by atoms with van der Waals surface area (Å²) >= 11 is 0. The third-order valence-corrected chi connectivity index (χ3v) is 8.53. The molecule has 1 aliphatic carbocycles. The van der Waals surface area contributed by atoms with Crippen LogP contribution in [0.15, 0.2) is 54.6 Å². The number of nitrogens with two attached hydrogens (primary N) is 1. The van der Waals surface area contributed by atoms with Gasteiger partial charge >= 0.3 is 12.1 Å². The van der Waals surface area contributed by atoms with Gasteiger partial charge in [-0.1, -0.05) is 73.9 Å². The number of benzene rings is 2. The number of carboxylic acids is 1. The topological polar surface area (TPSA) is 190 Å². The lowest BCUT2D eigenvalue weighted by Gasteiger charge is -2.32. The summed E-state index contributed by atoms with van der Waals surface area (Å²) in [7, 11) is 0. The first-order chi connectivity index (χ1) is 23.3. The van der Waals surface area contributed by atoms with E-state index in [1.807, 2.05) is 30.3 Å². The molecular weight excluding hydrogens is 643 g/mol. The highest BCUT2D eigenvalue weighted by Gasteiger charge is 2.38. The van der Waals surface area contributed by atoms with Gasteiger partial charge in [0.2, 0.25) is 17.7 Å². The fraction of sp³-hybridized carbons (Fsp3) is 0.500. The van der Waals surface area contributed by atoms with Gasteiger partial charge in [-0.25, -0.2) is 4.79 Å². The quantitative estimate of drug-likeness (QED) is 0.0946. The Hall–Kier alpha value is -4.50. The maximum atomic E-state index is 13.8. The number of alkyl halides is 3. The molecule has 2 aliphatic rings. The minimum Gasteiger partial charge on any atom is -0.475 e. The number of nitrogens with one attached hydrogen (secondary N) is 5. The Labute approximate surface area is 283 Å². The van der Waals surface area contributed by atoms with E-state index in [2.05, 4.69) is 26.2 Å². The normalized spacial score (nSPS) is 16.6. The lowest BCUT2D eigenvalue weighted by molar-refractivity contribution is -0.192. The molecule has 1 aliphatic heterocycles. The SMILES string of the molecule is N=C(N)c1ccc(CC(C(=O)NCc2ccccc2)C(=O)N[C@H](C(=O)NCCN2CCNCC2)C2CCCCC2)cc1.O=C(O)C(F)(F)F. The van der Waals surface area contributed by atoms with Gasteiger partial charge in [0.25, 0.3) is 0 Å². The van der Waals surface area contributed by atoms with Gasteiger partial charge in [-0.2, -0.15) is 13.2 Å². The summed E-state index contributed by atoms with van der Waals surface area (Å²) < 4.78 is 31.7. The van der Waals surface area contributed by atoms with Gasteiger partial charge < -0.3 is 32.1 Å². The standard InChI is InChI=1S/C32H45N7O3.C2HF3O2/c33-29(34)26-13-11-23(12-14-26)21-27(30(40)37-22-24-7-3-1-4-8-24)31(41)38-28(25-9-5-2-6-10-25)32(42)36-17-20-39-18-15-35-16-19-39;3-2(4,5)1(6)7/h1,3-4,7-8,11-14,25,27-28,35H,2,5-6,9-10,15-22H2,(H3,33,34)(H,36,42)(H,37,40)(H,38,41);(H,6,7)/t27?,28-;/m0./s1. The number of halogens is 3. The second-order valence-corrected chi connectivity index (χ2v) is 12.1. The number of nitrogens with zero attached hydrogens (tertiary/aromatic N) is 1. The van der Waals surface area contributed by atoms with Crippen molar-refractivity contribution >= 4 is 29.5 Å². The zero-order valence-corrected chi connectivity index (χ0v) is 27.4. The van der Waals surface area contributed by atoms with Crippen molar-refractivity contribution in [3.05, 3.63) is 71.3 Å².